The van der Waals surface area contributed by atoms with Crippen molar-refractivity contribution in [2.45, 2.75) is 57.4 Å². The Morgan fingerprint density at radius 1 is 1.31 bits per heavy atom. The van der Waals surface area contributed by atoms with E-state index in [9.17, 15) is 0 Å². The lowest BCUT2D eigenvalue weighted by atomic mass is 9.87. The van der Waals surface area contributed by atoms with Gasteiger partial charge in [-0.2, -0.15) is 0 Å². The second kappa shape index (κ2) is 4.58. The molecule has 0 bridgehead atoms. The van der Waals surface area contributed by atoms with Crippen LogP contribution in [0.2, 0.25) is 0 Å². The summed E-state index contributed by atoms with van der Waals surface area (Å²) in [6.45, 7) is 4.30. The molecule has 3 heteroatoms. The Labute approximate surface area is 98.1 Å². The number of aromatic nitrogens is 2. The van der Waals surface area contributed by atoms with Gasteiger partial charge in [0, 0.05) is 17.8 Å². The second-order valence-corrected chi connectivity index (χ2v) is 5.40. The van der Waals surface area contributed by atoms with Gasteiger partial charge in [-0.3, -0.25) is 0 Å². The molecule has 0 saturated heterocycles. The van der Waals surface area contributed by atoms with Crippen LogP contribution in [0.3, 0.4) is 0 Å². The SMILES string of the molecule is CNC(C)(C)c1ncc(C2CCCCC2)[nH]1. The number of aromatic amines is 1. The number of H-pyrrole nitrogens is 1. The summed E-state index contributed by atoms with van der Waals surface area (Å²) in [4.78, 5) is 8.02. The number of imidazole rings is 1. The Balaban J connectivity index is 2.12. The van der Waals surface area contributed by atoms with Crippen molar-refractivity contribution >= 4 is 0 Å². The Hall–Kier alpha value is -0.830. The minimum absolute atomic E-state index is 0.0626. The second-order valence-electron chi connectivity index (χ2n) is 5.40. The summed E-state index contributed by atoms with van der Waals surface area (Å²) in [5.74, 6) is 1.76. The molecule has 0 aromatic carbocycles. The molecule has 1 aliphatic carbocycles. The molecule has 0 amide bonds. The molecule has 90 valence electrons. The topological polar surface area (TPSA) is 40.7 Å². The highest BCUT2D eigenvalue weighted by atomic mass is 15.0. The molecular weight excluding hydrogens is 198 g/mol. The molecule has 0 aliphatic heterocycles. The zero-order valence-electron chi connectivity index (χ0n) is 10.6. The maximum atomic E-state index is 4.52. The van der Waals surface area contributed by atoms with Crippen molar-refractivity contribution in [1.29, 1.82) is 0 Å². The number of nitrogens with zero attached hydrogens (tertiary/aromatic N) is 1. The number of hydrogen-bond donors (Lipinski definition) is 2. The van der Waals surface area contributed by atoms with E-state index < -0.39 is 0 Å². The van der Waals surface area contributed by atoms with Gasteiger partial charge in [-0.15, -0.1) is 0 Å². The van der Waals surface area contributed by atoms with E-state index in [0.29, 0.717) is 5.92 Å². The molecule has 0 atom stereocenters. The van der Waals surface area contributed by atoms with Gasteiger partial charge < -0.3 is 10.3 Å². The molecule has 0 radical (unpaired) electrons. The number of rotatable bonds is 3. The lowest BCUT2D eigenvalue weighted by molar-refractivity contribution is 0.413. The van der Waals surface area contributed by atoms with Crippen LogP contribution < -0.4 is 5.32 Å². The first-order valence-corrected chi connectivity index (χ1v) is 6.38. The molecule has 1 aromatic rings. The van der Waals surface area contributed by atoms with Crippen LogP contribution in [-0.4, -0.2) is 17.0 Å². The molecule has 1 saturated carbocycles. The zero-order chi connectivity index (χ0) is 11.6. The van der Waals surface area contributed by atoms with E-state index in [1.807, 2.05) is 13.2 Å². The van der Waals surface area contributed by atoms with Crippen LogP contribution in [-0.2, 0) is 5.54 Å². The highest BCUT2D eigenvalue weighted by molar-refractivity contribution is 5.13. The van der Waals surface area contributed by atoms with Gasteiger partial charge in [0.05, 0.1) is 5.54 Å². The van der Waals surface area contributed by atoms with Crippen LogP contribution >= 0.6 is 0 Å². The molecule has 1 heterocycles. The summed E-state index contributed by atoms with van der Waals surface area (Å²) in [7, 11) is 1.98. The fourth-order valence-corrected chi connectivity index (χ4v) is 2.39. The molecular formula is C13H23N3. The first-order valence-electron chi connectivity index (χ1n) is 6.38. The third-order valence-corrected chi connectivity index (χ3v) is 3.86. The lowest BCUT2D eigenvalue weighted by Gasteiger charge is -2.22. The molecule has 1 aromatic heterocycles. The van der Waals surface area contributed by atoms with E-state index in [1.54, 1.807) is 0 Å². The van der Waals surface area contributed by atoms with Gasteiger partial charge >= 0.3 is 0 Å². The predicted octanol–water partition coefficient (Wildman–Crippen LogP) is 2.91. The summed E-state index contributed by atoms with van der Waals surface area (Å²) >= 11 is 0. The maximum absolute atomic E-state index is 4.52. The van der Waals surface area contributed by atoms with Crippen LogP contribution in [0.4, 0.5) is 0 Å². The minimum atomic E-state index is -0.0626. The molecule has 0 unspecified atom stereocenters. The van der Waals surface area contributed by atoms with Crippen LogP contribution in [0.1, 0.15) is 63.4 Å². The summed E-state index contributed by atoms with van der Waals surface area (Å²) in [5.41, 5.74) is 1.27. The molecule has 1 aliphatic rings. The Morgan fingerprint density at radius 3 is 2.62 bits per heavy atom. The van der Waals surface area contributed by atoms with E-state index in [1.165, 1.54) is 37.8 Å². The summed E-state index contributed by atoms with van der Waals surface area (Å²) in [6.07, 6.45) is 8.82. The van der Waals surface area contributed by atoms with Gasteiger partial charge in [0.1, 0.15) is 5.82 Å². The van der Waals surface area contributed by atoms with E-state index in [2.05, 4.69) is 29.1 Å². The van der Waals surface area contributed by atoms with Crippen molar-refractivity contribution < 1.29 is 0 Å². The van der Waals surface area contributed by atoms with Crippen molar-refractivity contribution in [3.63, 3.8) is 0 Å². The molecule has 2 N–H and O–H groups in total. The van der Waals surface area contributed by atoms with Crippen LogP contribution in [0, 0.1) is 0 Å². The highest BCUT2D eigenvalue weighted by Crippen LogP contribution is 2.32. The largest absolute Gasteiger partial charge is 0.344 e. The van der Waals surface area contributed by atoms with E-state index in [-0.39, 0.29) is 5.54 Å². The third-order valence-electron chi connectivity index (χ3n) is 3.86. The van der Waals surface area contributed by atoms with Gasteiger partial charge in [-0.25, -0.2) is 4.98 Å². The van der Waals surface area contributed by atoms with Crippen molar-refractivity contribution in [2.24, 2.45) is 0 Å². The Kier molecular flexibility index (Phi) is 3.33. The monoisotopic (exact) mass is 221 g/mol. The van der Waals surface area contributed by atoms with E-state index in [4.69, 9.17) is 0 Å². The Morgan fingerprint density at radius 2 is 2.00 bits per heavy atom. The van der Waals surface area contributed by atoms with Crippen molar-refractivity contribution in [3.8, 4) is 0 Å². The van der Waals surface area contributed by atoms with Crippen LogP contribution in [0.15, 0.2) is 6.20 Å². The molecule has 16 heavy (non-hydrogen) atoms. The average Bonchev–Trinajstić information content (AvgIpc) is 2.80. The molecule has 3 nitrogen and oxygen atoms in total. The third kappa shape index (κ3) is 2.29. The normalized spacial score (nSPS) is 18.9. The lowest BCUT2D eigenvalue weighted by Crippen LogP contribution is -2.34. The van der Waals surface area contributed by atoms with Crippen molar-refractivity contribution in [1.82, 2.24) is 15.3 Å². The van der Waals surface area contributed by atoms with Crippen molar-refractivity contribution in [2.75, 3.05) is 7.05 Å². The standard InChI is InChI=1S/C13H23N3/c1-13(2,14-3)12-15-9-11(16-12)10-7-5-4-6-8-10/h9-10,14H,4-8H2,1-3H3,(H,15,16). The highest BCUT2D eigenvalue weighted by Gasteiger charge is 2.24. The smallest absolute Gasteiger partial charge is 0.126 e. The van der Waals surface area contributed by atoms with Gasteiger partial charge in [0.25, 0.3) is 0 Å². The maximum Gasteiger partial charge on any atom is 0.126 e. The van der Waals surface area contributed by atoms with Gasteiger partial charge in [0.15, 0.2) is 0 Å². The van der Waals surface area contributed by atoms with Gasteiger partial charge in [-0.05, 0) is 33.7 Å². The van der Waals surface area contributed by atoms with Crippen LogP contribution in [0.5, 0.6) is 0 Å². The minimum Gasteiger partial charge on any atom is -0.344 e. The zero-order valence-corrected chi connectivity index (χ0v) is 10.6. The molecule has 0 spiro atoms. The quantitative estimate of drug-likeness (QED) is 0.824. The van der Waals surface area contributed by atoms with Gasteiger partial charge in [0.2, 0.25) is 0 Å². The Bertz CT molecular complexity index is 335. The van der Waals surface area contributed by atoms with Crippen molar-refractivity contribution in [3.05, 3.63) is 17.7 Å². The predicted molar refractivity (Wildman–Crippen MR) is 66.5 cm³/mol. The first-order chi connectivity index (χ1) is 7.63. The first kappa shape index (κ1) is 11.6. The number of hydrogen-bond acceptors (Lipinski definition) is 2. The summed E-state index contributed by atoms with van der Waals surface area (Å²) in [6, 6.07) is 0. The van der Waals surface area contributed by atoms with Gasteiger partial charge in [-0.1, -0.05) is 19.3 Å². The average molecular weight is 221 g/mol. The summed E-state index contributed by atoms with van der Waals surface area (Å²) in [5, 5.41) is 3.28. The molecule has 2 rings (SSSR count). The van der Waals surface area contributed by atoms with Crippen LogP contribution in [0.25, 0.3) is 0 Å². The fraction of sp³-hybridized carbons (Fsp3) is 0.769. The fourth-order valence-electron chi connectivity index (χ4n) is 2.39. The van der Waals surface area contributed by atoms with E-state index >= 15 is 0 Å². The van der Waals surface area contributed by atoms with E-state index in [0.717, 1.165) is 5.82 Å². The number of nitrogens with one attached hydrogen (secondary N) is 2. The molecule has 1 fully saturated rings. The summed E-state index contributed by atoms with van der Waals surface area (Å²) < 4.78 is 0.